The fourth-order valence-electron chi connectivity index (χ4n) is 1.58. The molecule has 0 aromatic heterocycles. The molecule has 0 heterocycles. The third kappa shape index (κ3) is 26.7. The highest BCUT2D eigenvalue weighted by atomic mass is 35.5. The van der Waals surface area contributed by atoms with Crippen molar-refractivity contribution in [3.05, 3.63) is 0 Å². The maximum Gasteiger partial charge on any atom is 0.0223 e. The summed E-state index contributed by atoms with van der Waals surface area (Å²) >= 11 is 5.60. The fraction of sp³-hybridized carbons (Fsp3) is 1.00. The summed E-state index contributed by atoms with van der Waals surface area (Å²) in [5.41, 5.74) is 0. The minimum Gasteiger partial charge on any atom is -0.344 e. The molecule has 0 aromatic carbocycles. The monoisotopic (exact) mass is 307 g/mol. The number of hydrogen-bond acceptors (Lipinski definition) is 1. The molecule has 0 amide bonds. The van der Waals surface area contributed by atoms with Crippen LogP contribution in [0, 0.1) is 11.8 Å². The smallest absolute Gasteiger partial charge is 0.0223 e. The second-order valence-corrected chi connectivity index (χ2v) is 6.74. The first-order chi connectivity index (χ1) is 9.06. The van der Waals surface area contributed by atoms with E-state index in [2.05, 4.69) is 34.6 Å². The molecule has 0 aromatic rings. The van der Waals surface area contributed by atoms with Crippen LogP contribution in [0.5, 0.6) is 0 Å². The zero-order valence-corrected chi connectivity index (χ0v) is 15.8. The predicted octanol–water partition coefficient (Wildman–Crippen LogP) is 7.61. The molecule has 0 unspecified atom stereocenters. The van der Waals surface area contributed by atoms with Gasteiger partial charge in [-0.3, -0.25) is 0 Å². The minimum atomic E-state index is 0. The zero-order chi connectivity index (χ0) is 14.9. The molecular formula is C18H42ClN. The first kappa shape index (κ1) is 25.2. The Morgan fingerprint density at radius 3 is 1.15 bits per heavy atom. The summed E-state index contributed by atoms with van der Waals surface area (Å²) in [4.78, 5) is 0. The van der Waals surface area contributed by atoms with E-state index in [1.807, 2.05) is 0 Å². The van der Waals surface area contributed by atoms with Gasteiger partial charge in [-0.05, 0) is 18.3 Å². The van der Waals surface area contributed by atoms with Crippen molar-refractivity contribution in [1.29, 1.82) is 0 Å². The molecule has 0 spiro atoms. The second-order valence-electron chi connectivity index (χ2n) is 6.36. The molecule has 0 aliphatic rings. The quantitative estimate of drug-likeness (QED) is 0.309. The number of hydrogen-bond donors (Lipinski definition) is 1. The van der Waals surface area contributed by atoms with Crippen LogP contribution in [0.25, 0.3) is 0 Å². The topological polar surface area (TPSA) is 35.0 Å². The Kier molecular flexibility index (Phi) is 27.2. The lowest BCUT2D eigenvalue weighted by Crippen LogP contribution is -1.95. The molecule has 0 radical (unpaired) electrons. The van der Waals surface area contributed by atoms with E-state index in [1.54, 1.807) is 0 Å². The summed E-state index contributed by atoms with van der Waals surface area (Å²) in [7, 11) is 0. The third-order valence-electron chi connectivity index (χ3n) is 3.82. The molecule has 0 aliphatic carbocycles. The standard InChI is InChI=1S/C12H25Cl.C6H14.H3N/c1-2-3-4-5-6-7-8-9-10-11-12-13;1-5(2)6(3)4;/h2-12H2,1H3;5-6H,1-4H3;1H3. The Labute approximate surface area is 134 Å². The fourth-order valence-corrected chi connectivity index (χ4v) is 1.77. The lowest BCUT2D eigenvalue weighted by molar-refractivity contribution is 0.457. The van der Waals surface area contributed by atoms with Gasteiger partial charge in [0.15, 0.2) is 0 Å². The molecule has 20 heavy (non-hydrogen) atoms. The van der Waals surface area contributed by atoms with E-state index >= 15 is 0 Å². The van der Waals surface area contributed by atoms with Crippen molar-refractivity contribution in [2.45, 2.75) is 98.8 Å². The van der Waals surface area contributed by atoms with E-state index < -0.39 is 0 Å². The minimum absolute atomic E-state index is 0. The summed E-state index contributed by atoms with van der Waals surface area (Å²) in [5, 5.41) is 0. The first-order valence-electron chi connectivity index (χ1n) is 8.62. The van der Waals surface area contributed by atoms with E-state index in [4.69, 9.17) is 11.6 Å². The van der Waals surface area contributed by atoms with Gasteiger partial charge in [0.05, 0.1) is 0 Å². The highest BCUT2D eigenvalue weighted by molar-refractivity contribution is 6.17. The third-order valence-corrected chi connectivity index (χ3v) is 4.09. The number of rotatable bonds is 11. The van der Waals surface area contributed by atoms with Crippen molar-refractivity contribution in [2.24, 2.45) is 11.8 Å². The molecule has 0 saturated carbocycles. The van der Waals surface area contributed by atoms with E-state index in [-0.39, 0.29) is 6.15 Å². The molecular weight excluding hydrogens is 266 g/mol. The Morgan fingerprint density at radius 2 is 0.900 bits per heavy atom. The molecule has 0 saturated heterocycles. The molecule has 1 nitrogen and oxygen atoms in total. The molecule has 0 rings (SSSR count). The zero-order valence-electron chi connectivity index (χ0n) is 15.0. The summed E-state index contributed by atoms with van der Waals surface area (Å²) in [6, 6.07) is 0. The van der Waals surface area contributed by atoms with Crippen LogP contribution in [0.2, 0.25) is 0 Å². The van der Waals surface area contributed by atoms with Gasteiger partial charge in [0.25, 0.3) is 0 Å². The molecule has 0 aliphatic heterocycles. The van der Waals surface area contributed by atoms with Crippen molar-refractivity contribution < 1.29 is 0 Å². The average Bonchev–Trinajstić information content (AvgIpc) is 2.37. The number of halogens is 1. The van der Waals surface area contributed by atoms with Crippen LogP contribution >= 0.6 is 11.6 Å². The highest BCUT2D eigenvalue weighted by Crippen LogP contribution is 2.10. The molecule has 0 fully saturated rings. The van der Waals surface area contributed by atoms with Gasteiger partial charge in [-0.2, -0.15) is 0 Å². The van der Waals surface area contributed by atoms with Crippen LogP contribution in [0.1, 0.15) is 98.8 Å². The second kappa shape index (κ2) is 21.5. The first-order valence-corrected chi connectivity index (χ1v) is 9.15. The van der Waals surface area contributed by atoms with Gasteiger partial charge in [-0.25, -0.2) is 0 Å². The normalized spacial score (nSPS) is 10.2. The van der Waals surface area contributed by atoms with Crippen LogP contribution in [0.3, 0.4) is 0 Å². The van der Waals surface area contributed by atoms with Crippen molar-refractivity contribution in [3.8, 4) is 0 Å². The molecule has 0 bridgehead atoms. The van der Waals surface area contributed by atoms with Gasteiger partial charge >= 0.3 is 0 Å². The van der Waals surface area contributed by atoms with Gasteiger partial charge in [0, 0.05) is 5.88 Å². The lowest BCUT2D eigenvalue weighted by atomic mass is 10.0. The van der Waals surface area contributed by atoms with E-state index in [9.17, 15) is 0 Å². The predicted molar refractivity (Wildman–Crippen MR) is 97.3 cm³/mol. The van der Waals surface area contributed by atoms with Gasteiger partial charge < -0.3 is 6.15 Å². The largest absolute Gasteiger partial charge is 0.344 e. The summed E-state index contributed by atoms with van der Waals surface area (Å²) in [5.74, 6) is 2.55. The van der Waals surface area contributed by atoms with Crippen LogP contribution in [0.4, 0.5) is 0 Å². The number of unbranched alkanes of at least 4 members (excludes halogenated alkanes) is 9. The van der Waals surface area contributed by atoms with E-state index in [0.29, 0.717) is 0 Å². The van der Waals surface area contributed by atoms with Crippen molar-refractivity contribution in [3.63, 3.8) is 0 Å². The lowest BCUT2D eigenvalue weighted by Gasteiger charge is -2.05. The maximum atomic E-state index is 5.60. The van der Waals surface area contributed by atoms with Crippen molar-refractivity contribution in [2.75, 3.05) is 5.88 Å². The number of alkyl halides is 1. The van der Waals surface area contributed by atoms with Gasteiger partial charge in [0.1, 0.15) is 0 Å². The maximum absolute atomic E-state index is 5.60. The molecule has 3 N–H and O–H groups in total. The van der Waals surface area contributed by atoms with Crippen LogP contribution in [-0.2, 0) is 0 Å². The Bertz CT molecular complexity index is 130. The Morgan fingerprint density at radius 1 is 0.600 bits per heavy atom. The summed E-state index contributed by atoms with van der Waals surface area (Å²) < 4.78 is 0. The van der Waals surface area contributed by atoms with Crippen molar-refractivity contribution in [1.82, 2.24) is 6.15 Å². The summed E-state index contributed by atoms with van der Waals surface area (Å²) in [6.07, 6.45) is 13.9. The molecule has 126 valence electrons. The van der Waals surface area contributed by atoms with E-state index in [1.165, 1.54) is 64.2 Å². The molecule has 2 heteroatoms. The van der Waals surface area contributed by atoms with Gasteiger partial charge in [0.2, 0.25) is 0 Å². The van der Waals surface area contributed by atoms with Crippen LogP contribution in [-0.4, -0.2) is 5.88 Å². The average molecular weight is 308 g/mol. The summed E-state index contributed by atoms with van der Waals surface area (Å²) in [6.45, 7) is 11.2. The molecule has 0 atom stereocenters. The Balaban J connectivity index is -0.000000352. The van der Waals surface area contributed by atoms with Gasteiger partial charge in [-0.1, -0.05) is 92.4 Å². The van der Waals surface area contributed by atoms with Crippen molar-refractivity contribution >= 4 is 11.6 Å². The SMILES string of the molecule is CC(C)C(C)C.CCCCCCCCCCCCCl.N. The Hall–Kier alpha value is 0.250. The van der Waals surface area contributed by atoms with Gasteiger partial charge in [-0.15, -0.1) is 11.6 Å². The van der Waals surface area contributed by atoms with Crippen LogP contribution in [0.15, 0.2) is 0 Å². The van der Waals surface area contributed by atoms with Crippen LogP contribution < -0.4 is 6.15 Å². The van der Waals surface area contributed by atoms with E-state index in [0.717, 1.165) is 17.7 Å². The highest BCUT2D eigenvalue weighted by Gasteiger charge is 1.95.